The number of thiophene rings is 1. The maximum Gasteiger partial charge on any atom is 0.103 e. The van der Waals surface area contributed by atoms with Crippen molar-refractivity contribution < 1.29 is 0 Å². The standard InChI is InChI=1S/C12H15NS/c1-3-10(13-2)12-8-9-6-4-5-7-11(9)14-12/h1,8,10,13H,4-7H2,2H3. The van der Waals surface area contributed by atoms with E-state index in [4.69, 9.17) is 6.42 Å². The van der Waals surface area contributed by atoms with E-state index in [0.717, 1.165) is 0 Å². The Morgan fingerprint density at radius 3 is 2.93 bits per heavy atom. The summed E-state index contributed by atoms with van der Waals surface area (Å²) in [5.41, 5.74) is 1.53. The highest BCUT2D eigenvalue weighted by Gasteiger charge is 2.16. The second-order valence-corrected chi connectivity index (χ2v) is 4.86. The monoisotopic (exact) mass is 205 g/mol. The molecule has 74 valence electrons. The van der Waals surface area contributed by atoms with E-state index in [1.54, 1.807) is 4.88 Å². The van der Waals surface area contributed by atoms with Gasteiger partial charge < -0.3 is 5.32 Å². The van der Waals surface area contributed by atoms with Gasteiger partial charge in [-0.05, 0) is 44.4 Å². The van der Waals surface area contributed by atoms with Crippen LogP contribution in [0.3, 0.4) is 0 Å². The fraction of sp³-hybridized carbons (Fsp3) is 0.500. The lowest BCUT2D eigenvalue weighted by molar-refractivity contribution is 0.696. The SMILES string of the molecule is C#CC(NC)c1cc2c(s1)CCCC2. The third kappa shape index (κ3) is 1.70. The smallest absolute Gasteiger partial charge is 0.103 e. The van der Waals surface area contributed by atoms with Gasteiger partial charge in [-0.3, -0.25) is 0 Å². The van der Waals surface area contributed by atoms with Gasteiger partial charge in [0, 0.05) is 9.75 Å². The molecular formula is C12H15NS. The van der Waals surface area contributed by atoms with E-state index in [0.29, 0.717) is 0 Å². The number of rotatable bonds is 2. The molecule has 1 heterocycles. The minimum atomic E-state index is 0.102. The van der Waals surface area contributed by atoms with Gasteiger partial charge in [0.2, 0.25) is 0 Å². The molecule has 0 fully saturated rings. The van der Waals surface area contributed by atoms with Crippen molar-refractivity contribution >= 4 is 11.3 Å². The quantitative estimate of drug-likeness (QED) is 0.732. The van der Waals surface area contributed by atoms with Crippen molar-refractivity contribution in [3.63, 3.8) is 0 Å². The van der Waals surface area contributed by atoms with Crippen molar-refractivity contribution in [1.82, 2.24) is 5.32 Å². The Morgan fingerprint density at radius 1 is 1.50 bits per heavy atom. The molecule has 1 aromatic heterocycles. The van der Waals surface area contributed by atoms with Gasteiger partial charge in [-0.1, -0.05) is 5.92 Å². The lowest BCUT2D eigenvalue weighted by atomic mass is 9.99. The topological polar surface area (TPSA) is 12.0 Å². The van der Waals surface area contributed by atoms with E-state index >= 15 is 0 Å². The number of hydrogen-bond donors (Lipinski definition) is 1. The van der Waals surface area contributed by atoms with Crippen LogP contribution in [0.5, 0.6) is 0 Å². The molecule has 0 spiro atoms. The molecule has 1 atom stereocenters. The van der Waals surface area contributed by atoms with Crippen LogP contribution in [0.4, 0.5) is 0 Å². The minimum absolute atomic E-state index is 0.102. The second-order valence-electron chi connectivity index (χ2n) is 3.69. The number of fused-ring (bicyclic) bond motifs is 1. The molecule has 2 heteroatoms. The first-order chi connectivity index (χ1) is 6.85. The van der Waals surface area contributed by atoms with E-state index in [2.05, 4.69) is 17.3 Å². The molecule has 2 rings (SSSR count). The van der Waals surface area contributed by atoms with Gasteiger partial charge in [0.25, 0.3) is 0 Å². The van der Waals surface area contributed by atoms with Gasteiger partial charge in [-0.15, -0.1) is 17.8 Å². The van der Waals surface area contributed by atoms with Crippen LogP contribution in [-0.2, 0) is 12.8 Å². The average molecular weight is 205 g/mol. The summed E-state index contributed by atoms with van der Waals surface area (Å²) in [4.78, 5) is 2.86. The number of aryl methyl sites for hydroxylation is 2. The van der Waals surface area contributed by atoms with Gasteiger partial charge in [-0.25, -0.2) is 0 Å². The molecule has 1 aliphatic rings. The maximum atomic E-state index is 5.47. The Kier molecular flexibility index (Phi) is 2.90. The number of hydrogen-bond acceptors (Lipinski definition) is 2. The molecule has 1 nitrogen and oxygen atoms in total. The summed E-state index contributed by atoms with van der Waals surface area (Å²) in [6.07, 6.45) is 10.6. The molecule has 0 saturated carbocycles. The van der Waals surface area contributed by atoms with E-state index < -0.39 is 0 Å². The lowest BCUT2D eigenvalue weighted by Gasteiger charge is -2.08. The highest BCUT2D eigenvalue weighted by molar-refractivity contribution is 7.12. The van der Waals surface area contributed by atoms with Gasteiger partial charge in [0.15, 0.2) is 0 Å². The van der Waals surface area contributed by atoms with Crippen LogP contribution < -0.4 is 5.32 Å². The summed E-state index contributed by atoms with van der Waals surface area (Å²) in [5.74, 6) is 2.78. The minimum Gasteiger partial charge on any atom is -0.302 e. The molecule has 1 unspecified atom stereocenters. The van der Waals surface area contributed by atoms with Gasteiger partial charge in [-0.2, -0.15) is 0 Å². The maximum absolute atomic E-state index is 5.47. The Hall–Kier alpha value is -0.780. The van der Waals surface area contributed by atoms with Crippen molar-refractivity contribution in [2.45, 2.75) is 31.7 Å². The molecule has 0 saturated heterocycles. The normalized spacial score (nSPS) is 17.1. The largest absolute Gasteiger partial charge is 0.302 e. The van der Waals surface area contributed by atoms with Crippen molar-refractivity contribution in [2.75, 3.05) is 7.05 Å². The van der Waals surface area contributed by atoms with Crippen molar-refractivity contribution in [3.8, 4) is 12.3 Å². The zero-order valence-corrected chi connectivity index (χ0v) is 9.29. The highest BCUT2D eigenvalue weighted by atomic mass is 32.1. The summed E-state index contributed by atoms with van der Waals surface area (Å²) in [5, 5.41) is 3.15. The summed E-state index contributed by atoms with van der Waals surface area (Å²) in [6.45, 7) is 0. The molecule has 1 aliphatic carbocycles. The third-order valence-corrected chi connectivity index (χ3v) is 4.06. The molecule has 1 aromatic rings. The first-order valence-corrected chi connectivity index (χ1v) is 5.91. The number of terminal acetylenes is 1. The molecule has 14 heavy (non-hydrogen) atoms. The van der Waals surface area contributed by atoms with Crippen molar-refractivity contribution in [1.29, 1.82) is 0 Å². The fourth-order valence-corrected chi connectivity index (χ4v) is 3.29. The summed E-state index contributed by atoms with van der Waals surface area (Å²) in [7, 11) is 1.92. The molecule has 0 bridgehead atoms. The third-order valence-electron chi connectivity index (χ3n) is 2.76. The molecule has 0 amide bonds. The van der Waals surface area contributed by atoms with Crippen molar-refractivity contribution in [2.24, 2.45) is 0 Å². The molecule has 1 N–H and O–H groups in total. The summed E-state index contributed by atoms with van der Waals surface area (Å²) >= 11 is 1.89. The van der Waals surface area contributed by atoms with Gasteiger partial charge >= 0.3 is 0 Å². The van der Waals surface area contributed by atoms with E-state index in [9.17, 15) is 0 Å². The Bertz CT molecular complexity index is 335. The Morgan fingerprint density at radius 2 is 2.29 bits per heavy atom. The van der Waals surface area contributed by atoms with Gasteiger partial charge in [0.05, 0.1) is 0 Å². The van der Waals surface area contributed by atoms with Crippen LogP contribution in [-0.4, -0.2) is 7.05 Å². The van der Waals surface area contributed by atoms with Gasteiger partial charge in [0.1, 0.15) is 6.04 Å². The first-order valence-electron chi connectivity index (χ1n) is 5.10. The van der Waals surface area contributed by atoms with E-state index in [1.807, 2.05) is 18.4 Å². The van der Waals surface area contributed by atoms with Crippen LogP contribution in [0.2, 0.25) is 0 Å². The molecule has 0 aromatic carbocycles. The van der Waals surface area contributed by atoms with Crippen LogP contribution in [0, 0.1) is 12.3 Å². The summed E-state index contributed by atoms with van der Waals surface area (Å²) in [6, 6.07) is 2.39. The van der Waals surface area contributed by atoms with E-state index in [1.165, 1.54) is 36.1 Å². The first kappa shape index (κ1) is 9.76. The Labute approximate surface area is 89.5 Å². The van der Waals surface area contributed by atoms with Crippen LogP contribution >= 0.6 is 11.3 Å². The average Bonchev–Trinajstić information content (AvgIpc) is 2.63. The molecule has 0 aliphatic heterocycles. The van der Waals surface area contributed by atoms with E-state index in [-0.39, 0.29) is 6.04 Å². The highest BCUT2D eigenvalue weighted by Crippen LogP contribution is 2.32. The van der Waals surface area contributed by atoms with Crippen LogP contribution in [0.15, 0.2) is 6.07 Å². The lowest BCUT2D eigenvalue weighted by Crippen LogP contribution is -2.12. The number of nitrogens with one attached hydrogen (secondary N) is 1. The van der Waals surface area contributed by atoms with Crippen LogP contribution in [0.25, 0.3) is 0 Å². The zero-order valence-electron chi connectivity index (χ0n) is 8.47. The molecular weight excluding hydrogens is 190 g/mol. The zero-order chi connectivity index (χ0) is 9.97. The predicted octanol–water partition coefficient (Wildman–Crippen LogP) is 2.52. The predicted molar refractivity (Wildman–Crippen MR) is 61.6 cm³/mol. The van der Waals surface area contributed by atoms with Crippen molar-refractivity contribution in [3.05, 3.63) is 21.4 Å². The molecule has 0 radical (unpaired) electrons. The summed E-state index contributed by atoms with van der Waals surface area (Å²) < 4.78 is 0. The van der Waals surface area contributed by atoms with Crippen LogP contribution in [0.1, 0.15) is 34.2 Å². The second kappa shape index (κ2) is 4.16. The fourth-order valence-electron chi connectivity index (χ4n) is 1.96. The Balaban J connectivity index is 2.28.